The molecule has 1 aromatic rings. The topological polar surface area (TPSA) is 66.4 Å². The molecule has 0 heterocycles. The first-order valence-electron chi connectivity index (χ1n) is 5.91. The number of amides is 1. The van der Waals surface area contributed by atoms with E-state index in [0.717, 1.165) is 4.90 Å². The second-order valence-corrected chi connectivity index (χ2v) is 5.31. The number of aliphatic carboxylic acids is 1. The Bertz CT molecular complexity index is 467. The third-order valence-electron chi connectivity index (χ3n) is 2.53. The monoisotopic (exact) mass is 303 g/mol. The van der Waals surface area contributed by atoms with Crippen LogP contribution in [0.2, 0.25) is 0 Å². The molecule has 0 saturated carbocycles. The molecule has 0 spiro atoms. The van der Waals surface area contributed by atoms with Crippen molar-refractivity contribution in [1.82, 2.24) is 5.32 Å². The summed E-state index contributed by atoms with van der Waals surface area (Å²) >= 11 is 1.34. The molecule has 0 aliphatic rings. The van der Waals surface area contributed by atoms with Crippen LogP contribution >= 0.6 is 11.8 Å². The third-order valence-corrected chi connectivity index (χ3v) is 3.80. The van der Waals surface area contributed by atoms with Gasteiger partial charge in [0, 0.05) is 16.6 Å². The maximum atomic E-state index is 12.7. The standard InChI is InChI=1S/C13H15F2NO3S/c1-8(12(17)16-11(6-14)13(18)19)7-20-10-4-2-9(15)3-5-10/h2-5,8,11H,6-7H2,1H3,(H,16,17)(H,18,19). The first-order chi connectivity index (χ1) is 9.43. The average Bonchev–Trinajstić information content (AvgIpc) is 2.43. The number of benzene rings is 1. The number of hydrogen-bond donors (Lipinski definition) is 2. The zero-order valence-electron chi connectivity index (χ0n) is 10.8. The fourth-order valence-electron chi connectivity index (χ4n) is 1.31. The lowest BCUT2D eigenvalue weighted by Crippen LogP contribution is -2.44. The van der Waals surface area contributed by atoms with Crippen LogP contribution in [0.5, 0.6) is 0 Å². The molecule has 0 bridgehead atoms. The molecule has 1 aromatic carbocycles. The summed E-state index contributed by atoms with van der Waals surface area (Å²) < 4.78 is 25.1. The molecule has 1 rings (SSSR count). The van der Waals surface area contributed by atoms with Gasteiger partial charge in [-0.05, 0) is 24.3 Å². The lowest BCUT2D eigenvalue weighted by molar-refractivity contribution is -0.142. The van der Waals surface area contributed by atoms with Crippen LogP contribution in [0.4, 0.5) is 8.78 Å². The number of alkyl halides is 1. The molecule has 20 heavy (non-hydrogen) atoms. The number of nitrogens with one attached hydrogen (secondary N) is 1. The average molecular weight is 303 g/mol. The zero-order valence-corrected chi connectivity index (χ0v) is 11.6. The number of carbonyl (C=O) groups is 2. The van der Waals surface area contributed by atoms with E-state index in [4.69, 9.17) is 5.11 Å². The van der Waals surface area contributed by atoms with Crippen molar-refractivity contribution in [2.75, 3.05) is 12.4 Å². The largest absolute Gasteiger partial charge is 0.480 e. The molecular formula is C13H15F2NO3S. The van der Waals surface area contributed by atoms with Gasteiger partial charge in [-0.15, -0.1) is 11.8 Å². The number of hydrogen-bond acceptors (Lipinski definition) is 3. The molecule has 2 atom stereocenters. The van der Waals surface area contributed by atoms with E-state index in [2.05, 4.69) is 5.32 Å². The Balaban J connectivity index is 2.45. The highest BCUT2D eigenvalue weighted by Crippen LogP contribution is 2.21. The summed E-state index contributed by atoms with van der Waals surface area (Å²) in [5.41, 5.74) is 0. The molecule has 1 amide bonds. The van der Waals surface area contributed by atoms with Crippen molar-refractivity contribution >= 4 is 23.6 Å². The molecule has 4 nitrogen and oxygen atoms in total. The predicted molar refractivity (Wildman–Crippen MR) is 71.8 cm³/mol. The van der Waals surface area contributed by atoms with E-state index in [0.29, 0.717) is 5.75 Å². The van der Waals surface area contributed by atoms with Crippen LogP contribution in [0.15, 0.2) is 29.2 Å². The second kappa shape index (κ2) is 7.84. The lowest BCUT2D eigenvalue weighted by Gasteiger charge is -2.15. The highest BCUT2D eigenvalue weighted by molar-refractivity contribution is 7.99. The molecular weight excluding hydrogens is 288 g/mol. The van der Waals surface area contributed by atoms with Crippen molar-refractivity contribution in [1.29, 1.82) is 0 Å². The zero-order chi connectivity index (χ0) is 15.1. The van der Waals surface area contributed by atoms with Gasteiger partial charge < -0.3 is 10.4 Å². The van der Waals surface area contributed by atoms with Gasteiger partial charge in [0.1, 0.15) is 12.5 Å². The minimum atomic E-state index is -1.51. The summed E-state index contributed by atoms with van der Waals surface area (Å²) in [7, 11) is 0. The number of carboxylic acid groups (broad SMARTS) is 1. The second-order valence-electron chi connectivity index (χ2n) is 4.22. The molecule has 2 N–H and O–H groups in total. The molecule has 0 radical (unpaired) electrons. The van der Waals surface area contributed by atoms with Crippen LogP contribution in [-0.4, -0.2) is 35.5 Å². The van der Waals surface area contributed by atoms with E-state index in [1.807, 2.05) is 0 Å². The third kappa shape index (κ3) is 5.16. The molecule has 0 aliphatic carbocycles. The Labute approximate surface area is 119 Å². The summed E-state index contributed by atoms with van der Waals surface area (Å²) in [6.45, 7) is 0.460. The van der Waals surface area contributed by atoms with Crippen LogP contribution in [0, 0.1) is 11.7 Å². The van der Waals surface area contributed by atoms with Crippen molar-refractivity contribution in [2.45, 2.75) is 17.9 Å². The SMILES string of the molecule is CC(CSc1ccc(F)cc1)C(=O)NC(CF)C(=O)O. The predicted octanol–water partition coefficient (Wildman–Crippen LogP) is 2.09. The van der Waals surface area contributed by atoms with E-state index in [-0.39, 0.29) is 5.82 Å². The normalized spacial score (nSPS) is 13.6. The maximum absolute atomic E-state index is 12.7. The summed E-state index contributed by atoms with van der Waals surface area (Å²) in [4.78, 5) is 23.1. The van der Waals surface area contributed by atoms with Gasteiger partial charge in [0.05, 0.1) is 0 Å². The highest BCUT2D eigenvalue weighted by atomic mass is 32.2. The van der Waals surface area contributed by atoms with Crippen molar-refractivity contribution < 1.29 is 23.5 Å². The summed E-state index contributed by atoms with van der Waals surface area (Å²) in [5, 5.41) is 10.8. The molecule has 0 saturated heterocycles. The molecule has 2 unspecified atom stereocenters. The van der Waals surface area contributed by atoms with Gasteiger partial charge in [-0.2, -0.15) is 0 Å². The number of halogens is 2. The minimum Gasteiger partial charge on any atom is -0.480 e. The van der Waals surface area contributed by atoms with E-state index >= 15 is 0 Å². The Morgan fingerprint density at radius 3 is 2.45 bits per heavy atom. The van der Waals surface area contributed by atoms with E-state index in [9.17, 15) is 18.4 Å². The first-order valence-corrected chi connectivity index (χ1v) is 6.90. The van der Waals surface area contributed by atoms with Gasteiger partial charge >= 0.3 is 5.97 Å². The first kappa shape index (κ1) is 16.4. The summed E-state index contributed by atoms with van der Waals surface area (Å²) in [6, 6.07) is 4.30. The quantitative estimate of drug-likeness (QED) is 0.757. The van der Waals surface area contributed by atoms with Crippen LogP contribution in [0.3, 0.4) is 0 Å². The molecule has 7 heteroatoms. The van der Waals surface area contributed by atoms with Crippen LogP contribution in [0.25, 0.3) is 0 Å². The lowest BCUT2D eigenvalue weighted by atomic mass is 10.2. The van der Waals surface area contributed by atoms with Crippen LogP contribution in [-0.2, 0) is 9.59 Å². The van der Waals surface area contributed by atoms with Gasteiger partial charge in [0.15, 0.2) is 6.04 Å². The number of thioether (sulfide) groups is 1. The Morgan fingerprint density at radius 2 is 1.95 bits per heavy atom. The van der Waals surface area contributed by atoms with Crippen molar-refractivity contribution in [3.05, 3.63) is 30.1 Å². The van der Waals surface area contributed by atoms with Gasteiger partial charge in [-0.3, -0.25) is 4.79 Å². The molecule has 0 aromatic heterocycles. The van der Waals surface area contributed by atoms with Crippen molar-refractivity contribution in [2.24, 2.45) is 5.92 Å². The van der Waals surface area contributed by atoms with E-state index < -0.39 is 30.5 Å². The van der Waals surface area contributed by atoms with Gasteiger partial charge in [0.25, 0.3) is 0 Å². The summed E-state index contributed by atoms with van der Waals surface area (Å²) in [6.07, 6.45) is 0. The smallest absolute Gasteiger partial charge is 0.328 e. The van der Waals surface area contributed by atoms with Crippen LogP contribution in [0.1, 0.15) is 6.92 Å². The fraction of sp³-hybridized carbons (Fsp3) is 0.385. The van der Waals surface area contributed by atoms with Crippen molar-refractivity contribution in [3.8, 4) is 0 Å². The summed E-state index contributed by atoms with van der Waals surface area (Å²) in [5.74, 6) is -2.37. The Hall–Kier alpha value is -1.63. The molecule has 0 fully saturated rings. The van der Waals surface area contributed by atoms with E-state index in [1.54, 1.807) is 19.1 Å². The molecule has 0 aliphatic heterocycles. The Kier molecular flexibility index (Phi) is 6.44. The molecule has 110 valence electrons. The number of carboxylic acids is 1. The van der Waals surface area contributed by atoms with Crippen LogP contribution < -0.4 is 5.32 Å². The van der Waals surface area contributed by atoms with Gasteiger partial charge in [0.2, 0.25) is 5.91 Å². The fourth-order valence-corrected chi connectivity index (χ4v) is 2.23. The van der Waals surface area contributed by atoms with Gasteiger partial charge in [-0.25, -0.2) is 13.6 Å². The van der Waals surface area contributed by atoms with E-state index in [1.165, 1.54) is 23.9 Å². The number of carbonyl (C=O) groups excluding carboxylic acids is 1. The maximum Gasteiger partial charge on any atom is 0.328 e. The minimum absolute atomic E-state index is 0.340. The number of rotatable bonds is 7. The van der Waals surface area contributed by atoms with Gasteiger partial charge in [-0.1, -0.05) is 6.92 Å². The Morgan fingerprint density at radius 1 is 1.35 bits per heavy atom. The van der Waals surface area contributed by atoms with Crippen molar-refractivity contribution in [3.63, 3.8) is 0 Å². The highest BCUT2D eigenvalue weighted by Gasteiger charge is 2.22.